The van der Waals surface area contributed by atoms with Gasteiger partial charge in [0.2, 0.25) is 5.91 Å². The van der Waals surface area contributed by atoms with Crippen molar-refractivity contribution in [3.05, 3.63) is 83.4 Å². The topological polar surface area (TPSA) is 111 Å². The van der Waals surface area contributed by atoms with Crippen molar-refractivity contribution in [2.24, 2.45) is 0 Å². The number of aliphatic hydroxyl groups is 1. The molecule has 0 saturated heterocycles. The largest absolute Gasteiger partial charge is 0.508 e. The average Bonchev–Trinajstić information content (AvgIpc) is 3.27. The molecule has 0 fully saturated rings. The van der Waals surface area contributed by atoms with Crippen LogP contribution in [0.1, 0.15) is 23.6 Å². The SMILES string of the molecule is COc1cccc(CC(=O)N2CCc3ccc(NC(=O)NC(C)(CO)c4cccc(O)c4)cc32)c1. The quantitative estimate of drug-likeness (QED) is 0.418. The van der Waals surface area contributed by atoms with E-state index < -0.39 is 11.6 Å². The zero-order valence-corrected chi connectivity index (χ0v) is 19.7. The van der Waals surface area contributed by atoms with Gasteiger partial charge in [-0.05, 0) is 66.4 Å². The number of benzene rings is 3. The minimum Gasteiger partial charge on any atom is -0.508 e. The summed E-state index contributed by atoms with van der Waals surface area (Å²) >= 11 is 0. The van der Waals surface area contributed by atoms with Crippen LogP contribution in [0.3, 0.4) is 0 Å². The highest BCUT2D eigenvalue weighted by molar-refractivity contribution is 5.98. The summed E-state index contributed by atoms with van der Waals surface area (Å²) in [5.41, 5.74) is 2.67. The van der Waals surface area contributed by atoms with Gasteiger partial charge in [-0.1, -0.05) is 30.3 Å². The maximum Gasteiger partial charge on any atom is 0.320 e. The molecule has 0 radical (unpaired) electrons. The van der Waals surface area contributed by atoms with Gasteiger partial charge in [0.15, 0.2) is 0 Å². The summed E-state index contributed by atoms with van der Waals surface area (Å²) < 4.78 is 5.25. The van der Waals surface area contributed by atoms with Gasteiger partial charge in [-0.25, -0.2) is 4.79 Å². The van der Waals surface area contributed by atoms with Crippen LogP contribution >= 0.6 is 0 Å². The first-order chi connectivity index (χ1) is 16.8. The van der Waals surface area contributed by atoms with Crippen LogP contribution in [0, 0.1) is 0 Å². The zero-order chi connectivity index (χ0) is 25.0. The third-order valence-electron chi connectivity index (χ3n) is 6.22. The van der Waals surface area contributed by atoms with Gasteiger partial charge in [-0.3, -0.25) is 4.79 Å². The predicted octanol–water partition coefficient (Wildman–Crippen LogP) is 3.56. The molecule has 0 spiro atoms. The lowest BCUT2D eigenvalue weighted by molar-refractivity contribution is -0.117. The first-order valence-corrected chi connectivity index (χ1v) is 11.4. The summed E-state index contributed by atoms with van der Waals surface area (Å²) in [4.78, 5) is 27.6. The molecule has 3 aromatic rings. The Balaban J connectivity index is 1.46. The minimum absolute atomic E-state index is 0.0321. The second-order valence-electron chi connectivity index (χ2n) is 8.79. The highest BCUT2D eigenvalue weighted by Crippen LogP contribution is 2.32. The van der Waals surface area contributed by atoms with Crippen LogP contribution in [0.2, 0.25) is 0 Å². The molecule has 35 heavy (non-hydrogen) atoms. The van der Waals surface area contributed by atoms with E-state index in [2.05, 4.69) is 10.6 Å². The molecule has 0 aliphatic carbocycles. The first-order valence-electron chi connectivity index (χ1n) is 11.4. The number of phenols is 1. The van der Waals surface area contributed by atoms with Crippen molar-refractivity contribution in [2.45, 2.75) is 25.3 Å². The van der Waals surface area contributed by atoms with Crippen molar-refractivity contribution in [1.29, 1.82) is 0 Å². The Hall–Kier alpha value is -4.04. The number of phenolic OH excluding ortho intramolecular Hbond substituents is 1. The number of carbonyl (C=O) groups excluding carboxylic acids is 2. The number of hydrogen-bond acceptors (Lipinski definition) is 5. The lowest BCUT2D eigenvalue weighted by atomic mass is 9.93. The highest BCUT2D eigenvalue weighted by atomic mass is 16.5. The molecular weight excluding hydrogens is 446 g/mol. The molecule has 1 aliphatic rings. The number of ether oxygens (including phenoxy) is 1. The number of rotatable bonds is 7. The summed E-state index contributed by atoms with van der Waals surface area (Å²) in [7, 11) is 1.59. The lowest BCUT2D eigenvalue weighted by Gasteiger charge is -2.29. The van der Waals surface area contributed by atoms with Crippen LogP contribution in [0.5, 0.6) is 11.5 Å². The third-order valence-corrected chi connectivity index (χ3v) is 6.22. The van der Waals surface area contributed by atoms with E-state index in [9.17, 15) is 19.8 Å². The Morgan fingerprint density at radius 3 is 2.63 bits per heavy atom. The fourth-order valence-corrected chi connectivity index (χ4v) is 4.23. The van der Waals surface area contributed by atoms with Crippen molar-refractivity contribution in [3.63, 3.8) is 0 Å². The molecule has 8 nitrogen and oxygen atoms in total. The normalized spacial score (nSPS) is 14.1. The van der Waals surface area contributed by atoms with E-state index in [0.29, 0.717) is 23.5 Å². The number of aliphatic hydroxyl groups excluding tert-OH is 1. The average molecular weight is 476 g/mol. The van der Waals surface area contributed by atoms with E-state index in [1.54, 1.807) is 43.2 Å². The smallest absolute Gasteiger partial charge is 0.320 e. The fourth-order valence-electron chi connectivity index (χ4n) is 4.23. The monoisotopic (exact) mass is 475 g/mol. The molecule has 4 rings (SSSR count). The zero-order valence-electron chi connectivity index (χ0n) is 19.7. The number of nitrogens with zero attached hydrogens (tertiary/aromatic N) is 1. The Morgan fingerprint density at radius 2 is 1.89 bits per heavy atom. The highest BCUT2D eigenvalue weighted by Gasteiger charge is 2.29. The summed E-state index contributed by atoms with van der Waals surface area (Å²) in [6.45, 7) is 1.89. The van der Waals surface area contributed by atoms with Crippen LogP contribution < -0.4 is 20.3 Å². The Labute approximate surface area is 204 Å². The number of amides is 3. The number of carbonyl (C=O) groups is 2. The van der Waals surface area contributed by atoms with E-state index in [1.807, 2.05) is 30.3 Å². The van der Waals surface area contributed by atoms with E-state index >= 15 is 0 Å². The summed E-state index contributed by atoms with van der Waals surface area (Å²) in [6.07, 6.45) is 0.985. The minimum atomic E-state index is -1.10. The molecule has 1 heterocycles. The lowest BCUT2D eigenvalue weighted by Crippen LogP contribution is -2.48. The van der Waals surface area contributed by atoms with Crippen LogP contribution in [0.4, 0.5) is 16.2 Å². The van der Waals surface area contributed by atoms with Gasteiger partial charge in [-0.15, -0.1) is 0 Å². The molecule has 0 bridgehead atoms. The van der Waals surface area contributed by atoms with Crippen molar-refractivity contribution < 1.29 is 24.5 Å². The van der Waals surface area contributed by atoms with Gasteiger partial charge in [0, 0.05) is 17.9 Å². The Morgan fingerprint density at radius 1 is 1.09 bits per heavy atom. The Kier molecular flexibility index (Phi) is 6.93. The number of methoxy groups -OCH3 is 1. The molecule has 0 aromatic heterocycles. The number of anilines is 2. The van der Waals surface area contributed by atoms with Crippen LogP contribution in [0.15, 0.2) is 66.7 Å². The molecule has 4 N–H and O–H groups in total. The second-order valence-corrected chi connectivity index (χ2v) is 8.79. The molecule has 1 unspecified atom stereocenters. The Bertz CT molecular complexity index is 1240. The van der Waals surface area contributed by atoms with Gasteiger partial charge >= 0.3 is 6.03 Å². The van der Waals surface area contributed by atoms with Crippen molar-refractivity contribution in [2.75, 3.05) is 30.5 Å². The molecule has 3 aromatic carbocycles. The van der Waals surface area contributed by atoms with E-state index in [-0.39, 0.29) is 24.7 Å². The summed E-state index contributed by atoms with van der Waals surface area (Å²) in [5.74, 6) is 0.715. The third kappa shape index (κ3) is 5.38. The van der Waals surface area contributed by atoms with E-state index in [0.717, 1.165) is 23.2 Å². The van der Waals surface area contributed by atoms with Crippen LogP contribution in [-0.4, -0.2) is 42.4 Å². The van der Waals surface area contributed by atoms with Gasteiger partial charge in [0.1, 0.15) is 11.5 Å². The van der Waals surface area contributed by atoms with E-state index in [1.165, 1.54) is 12.1 Å². The number of urea groups is 1. The van der Waals surface area contributed by atoms with Crippen molar-refractivity contribution in [1.82, 2.24) is 5.32 Å². The molecule has 182 valence electrons. The molecular formula is C27H29N3O5. The van der Waals surface area contributed by atoms with Gasteiger partial charge in [0.25, 0.3) is 0 Å². The molecule has 8 heteroatoms. The predicted molar refractivity (Wildman–Crippen MR) is 134 cm³/mol. The first kappa shape index (κ1) is 24.1. The molecule has 1 aliphatic heterocycles. The fraction of sp³-hybridized carbons (Fsp3) is 0.259. The standard InChI is InChI=1S/C27H29N3O5/c1-27(17-31,20-6-4-7-22(32)15-20)29-26(34)28-21-10-9-19-11-12-30(24(19)16-21)25(33)14-18-5-3-8-23(13-18)35-2/h3-10,13,15-16,31-32H,11-12,14,17H2,1-2H3,(H2,28,29,34). The molecule has 3 amide bonds. The van der Waals surface area contributed by atoms with Crippen molar-refractivity contribution in [3.8, 4) is 11.5 Å². The van der Waals surface area contributed by atoms with Gasteiger partial charge < -0.3 is 30.5 Å². The van der Waals surface area contributed by atoms with Gasteiger partial charge in [0.05, 0.1) is 25.7 Å². The maximum atomic E-state index is 13.1. The number of aromatic hydroxyl groups is 1. The summed E-state index contributed by atoms with van der Waals surface area (Å²) in [5, 5.41) is 25.3. The number of nitrogens with one attached hydrogen (secondary N) is 2. The maximum absolute atomic E-state index is 13.1. The number of hydrogen-bond donors (Lipinski definition) is 4. The van der Waals surface area contributed by atoms with Crippen LogP contribution in [-0.2, 0) is 23.2 Å². The van der Waals surface area contributed by atoms with Crippen LogP contribution in [0.25, 0.3) is 0 Å². The molecule has 0 saturated carbocycles. The number of fused-ring (bicyclic) bond motifs is 1. The van der Waals surface area contributed by atoms with Crippen molar-refractivity contribution >= 4 is 23.3 Å². The molecule has 1 atom stereocenters. The van der Waals surface area contributed by atoms with Gasteiger partial charge in [-0.2, -0.15) is 0 Å². The van der Waals surface area contributed by atoms with E-state index in [4.69, 9.17) is 4.74 Å². The second kappa shape index (κ2) is 10.1. The summed E-state index contributed by atoms with van der Waals surface area (Å²) in [6, 6.07) is 18.8.